The van der Waals surface area contributed by atoms with Crippen LogP contribution < -0.4 is 10.0 Å². The minimum Gasteiger partial charge on any atom is -0.317 e. The lowest BCUT2D eigenvalue weighted by Crippen LogP contribution is -2.47. The minimum atomic E-state index is -3.39. The molecule has 1 saturated heterocycles. The molecule has 2 aliphatic heterocycles. The van der Waals surface area contributed by atoms with Crippen molar-refractivity contribution < 1.29 is 8.42 Å². The summed E-state index contributed by atoms with van der Waals surface area (Å²) >= 11 is 0. The van der Waals surface area contributed by atoms with Gasteiger partial charge in [0.25, 0.3) is 10.2 Å². The van der Waals surface area contributed by atoms with Crippen molar-refractivity contribution in [1.82, 2.24) is 14.3 Å². The number of nitrogens with zero attached hydrogens (tertiary/aromatic N) is 1. The first-order chi connectivity index (χ1) is 10.1. The Morgan fingerprint density at radius 3 is 2.81 bits per heavy atom. The molecule has 1 unspecified atom stereocenters. The smallest absolute Gasteiger partial charge is 0.280 e. The molecule has 116 valence electrons. The quantitative estimate of drug-likeness (QED) is 0.876. The van der Waals surface area contributed by atoms with Gasteiger partial charge in [0.1, 0.15) is 0 Å². The Bertz CT molecular complexity index is 580. The molecule has 5 nitrogen and oxygen atoms in total. The second kappa shape index (κ2) is 6.44. The zero-order valence-electron chi connectivity index (χ0n) is 12.2. The molecule has 0 saturated carbocycles. The number of fused-ring (bicyclic) bond motifs is 1. The van der Waals surface area contributed by atoms with Crippen LogP contribution in [0.4, 0.5) is 0 Å². The summed E-state index contributed by atoms with van der Waals surface area (Å²) in [5.41, 5.74) is 2.39. The van der Waals surface area contributed by atoms with Crippen LogP contribution in [-0.2, 0) is 23.2 Å². The molecule has 0 aromatic heterocycles. The van der Waals surface area contributed by atoms with Crippen LogP contribution in [-0.4, -0.2) is 38.4 Å². The minimum absolute atomic E-state index is 0.0576. The fraction of sp³-hybridized carbons (Fsp3) is 0.600. The van der Waals surface area contributed by atoms with Crippen molar-refractivity contribution in [3.63, 3.8) is 0 Å². The summed E-state index contributed by atoms with van der Waals surface area (Å²) in [4.78, 5) is 0. The van der Waals surface area contributed by atoms with Crippen molar-refractivity contribution >= 4 is 10.2 Å². The molecule has 2 N–H and O–H groups in total. The highest BCUT2D eigenvalue weighted by Crippen LogP contribution is 2.21. The van der Waals surface area contributed by atoms with E-state index in [1.54, 1.807) is 4.31 Å². The predicted molar refractivity (Wildman–Crippen MR) is 83.1 cm³/mol. The van der Waals surface area contributed by atoms with E-state index in [0.29, 0.717) is 13.1 Å². The number of hydrogen-bond acceptors (Lipinski definition) is 3. The highest BCUT2D eigenvalue weighted by atomic mass is 32.2. The molecule has 1 fully saturated rings. The van der Waals surface area contributed by atoms with Gasteiger partial charge in [-0.1, -0.05) is 24.3 Å². The van der Waals surface area contributed by atoms with E-state index in [0.717, 1.165) is 44.3 Å². The van der Waals surface area contributed by atoms with E-state index in [2.05, 4.69) is 16.1 Å². The molecule has 1 atom stereocenters. The van der Waals surface area contributed by atoms with Crippen molar-refractivity contribution in [3.05, 3.63) is 35.4 Å². The Morgan fingerprint density at radius 1 is 1.14 bits per heavy atom. The summed E-state index contributed by atoms with van der Waals surface area (Å²) in [5.74, 6) is 0. The van der Waals surface area contributed by atoms with Crippen molar-refractivity contribution in [2.45, 2.75) is 38.3 Å². The molecular weight excluding hydrogens is 286 g/mol. The Kier molecular flexibility index (Phi) is 4.59. The van der Waals surface area contributed by atoms with E-state index in [1.165, 1.54) is 5.56 Å². The lowest BCUT2D eigenvalue weighted by Gasteiger charge is -2.29. The van der Waals surface area contributed by atoms with Crippen LogP contribution in [0, 0.1) is 0 Å². The summed E-state index contributed by atoms with van der Waals surface area (Å²) in [7, 11) is -3.39. The number of rotatable bonds is 3. The van der Waals surface area contributed by atoms with Gasteiger partial charge in [0.2, 0.25) is 0 Å². The first kappa shape index (κ1) is 15.0. The maximum atomic E-state index is 12.6. The van der Waals surface area contributed by atoms with Crippen molar-refractivity contribution in [2.75, 3.05) is 19.6 Å². The molecule has 6 heteroatoms. The zero-order valence-corrected chi connectivity index (χ0v) is 13.0. The van der Waals surface area contributed by atoms with Gasteiger partial charge in [-0.3, -0.25) is 0 Å². The van der Waals surface area contributed by atoms with Gasteiger partial charge < -0.3 is 5.32 Å². The summed E-state index contributed by atoms with van der Waals surface area (Å²) in [6.07, 6.45) is 3.60. The lowest BCUT2D eigenvalue weighted by molar-refractivity contribution is 0.375. The van der Waals surface area contributed by atoms with E-state index in [1.807, 2.05) is 18.2 Å². The van der Waals surface area contributed by atoms with Crippen LogP contribution in [0.5, 0.6) is 0 Å². The molecule has 2 heterocycles. The predicted octanol–water partition coefficient (Wildman–Crippen LogP) is 1.02. The Labute approximate surface area is 126 Å². The molecule has 0 spiro atoms. The molecule has 0 bridgehead atoms. The molecule has 0 radical (unpaired) electrons. The highest BCUT2D eigenvalue weighted by Gasteiger charge is 2.28. The third kappa shape index (κ3) is 3.63. The zero-order chi connectivity index (χ0) is 14.7. The molecule has 1 aromatic carbocycles. The summed E-state index contributed by atoms with van der Waals surface area (Å²) in [6.45, 7) is 2.92. The average molecular weight is 309 g/mol. The molecule has 1 aromatic rings. The number of nitrogens with one attached hydrogen (secondary N) is 2. The first-order valence-corrected chi connectivity index (χ1v) is 9.14. The van der Waals surface area contributed by atoms with E-state index in [4.69, 9.17) is 0 Å². The standard InChI is InChI=1S/C15H23N3O2S/c19-21(20,17-15-6-3-9-16-10-7-15)18-11-8-13-4-1-2-5-14(13)12-18/h1-2,4-5,15-17H,3,6-12H2. The second-order valence-electron chi connectivity index (χ2n) is 5.85. The second-order valence-corrected chi connectivity index (χ2v) is 7.56. The van der Waals surface area contributed by atoms with Crippen molar-refractivity contribution in [3.8, 4) is 0 Å². The normalized spacial score (nSPS) is 24.3. The monoisotopic (exact) mass is 309 g/mol. The van der Waals surface area contributed by atoms with Gasteiger partial charge in [-0.25, -0.2) is 0 Å². The number of benzene rings is 1. The largest absolute Gasteiger partial charge is 0.317 e. The third-order valence-electron chi connectivity index (χ3n) is 4.33. The van der Waals surface area contributed by atoms with Crippen LogP contribution in [0.15, 0.2) is 24.3 Å². The van der Waals surface area contributed by atoms with E-state index in [9.17, 15) is 8.42 Å². The topological polar surface area (TPSA) is 61.4 Å². The summed E-state index contributed by atoms with van der Waals surface area (Å²) < 4.78 is 29.6. The molecule has 2 aliphatic rings. The van der Waals surface area contributed by atoms with Crippen molar-refractivity contribution in [2.24, 2.45) is 0 Å². The fourth-order valence-electron chi connectivity index (χ4n) is 3.10. The average Bonchev–Trinajstić information content (AvgIpc) is 2.75. The van der Waals surface area contributed by atoms with Crippen molar-refractivity contribution in [1.29, 1.82) is 0 Å². The Hall–Kier alpha value is -0.950. The lowest BCUT2D eigenvalue weighted by atomic mass is 10.0. The Morgan fingerprint density at radius 2 is 1.95 bits per heavy atom. The van der Waals surface area contributed by atoms with Crippen LogP contribution >= 0.6 is 0 Å². The van der Waals surface area contributed by atoms with Gasteiger partial charge in [-0.05, 0) is 49.9 Å². The molecule has 3 rings (SSSR count). The fourth-order valence-corrected chi connectivity index (χ4v) is 4.54. The van der Waals surface area contributed by atoms with E-state index >= 15 is 0 Å². The number of hydrogen-bond donors (Lipinski definition) is 2. The van der Waals surface area contributed by atoms with Gasteiger partial charge in [0.05, 0.1) is 0 Å². The van der Waals surface area contributed by atoms with Gasteiger partial charge in [-0.2, -0.15) is 17.4 Å². The molecule has 0 aliphatic carbocycles. The summed E-state index contributed by atoms with van der Waals surface area (Å²) in [5, 5.41) is 3.31. The molecular formula is C15H23N3O2S. The van der Waals surface area contributed by atoms with Gasteiger partial charge in [0.15, 0.2) is 0 Å². The maximum Gasteiger partial charge on any atom is 0.280 e. The SMILES string of the molecule is O=S(=O)(NC1CCCNCC1)N1CCc2ccccc2C1. The summed E-state index contributed by atoms with van der Waals surface area (Å²) in [6, 6.07) is 8.15. The van der Waals surface area contributed by atoms with Crippen LogP contribution in [0.3, 0.4) is 0 Å². The van der Waals surface area contributed by atoms with Crippen LogP contribution in [0.1, 0.15) is 30.4 Å². The van der Waals surface area contributed by atoms with Crippen LogP contribution in [0.2, 0.25) is 0 Å². The maximum absolute atomic E-state index is 12.6. The first-order valence-electron chi connectivity index (χ1n) is 7.70. The van der Waals surface area contributed by atoms with Gasteiger partial charge in [-0.15, -0.1) is 0 Å². The Balaban J connectivity index is 1.68. The molecule has 21 heavy (non-hydrogen) atoms. The van der Waals surface area contributed by atoms with Gasteiger partial charge >= 0.3 is 0 Å². The van der Waals surface area contributed by atoms with Gasteiger partial charge in [0, 0.05) is 19.1 Å². The van der Waals surface area contributed by atoms with E-state index < -0.39 is 10.2 Å². The van der Waals surface area contributed by atoms with Crippen LogP contribution in [0.25, 0.3) is 0 Å². The highest BCUT2D eigenvalue weighted by molar-refractivity contribution is 7.87. The van der Waals surface area contributed by atoms with E-state index in [-0.39, 0.29) is 6.04 Å². The molecule has 0 amide bonds. The third-order valence-corrected chi connectivity index (χ3v) is 5.95.